The van der Waals surface area contributed by atoms with E-state index in [2.05, 4.69) is 22.0 Å². The van der Waals surface area contributed by atoms with Gasteiger partial charge in [-0.2, -0.15) is 4.98 Å². The Morgan fingerprint density at radius 1 is 1.33 bits per heavy atom. The third kappa shape index (κ3) is 4.02. The molecule has 120 valence electrons. The van der Waals surface area contributed by atoms with E-state index >= 15 is 0 Å². The Labute approximate surface area is 126 Å². The van der Waals surface area contributed by atoms with Gasteiger partial charge in [0.1, 0.15) is 0 Å². The first kappa shape index (κ1) is 16.4. The molecule has 0 amide bonds. The van der Waals surface area contributed by atoms with Crippen molar-refractivity contribution < 1.29 is 14.0 Å². The Bertz CT molecular complexity index is 416. The molecule has 1 aromatic heterocycles. The van der Waals surface area contributed by atoms with E-state index in [-0.39, 0.29) is 5.54 Å². The summed E-state index contributed by atoms with van der Waals surface area (Å²) in [6, 6.07) is 0. The van der Waals surface area contributed by atoms with Crippen LogP contribution in [0.1, 0.15) is 44.3 Å². The normalized spacial score (nSPS) is 23.0. The third-order valence-electron chi connectivity index (χ3n) is 4.24. The van der Waals surface area contributed by atoms with E-state index in [9.17, 15) is 0 Å². The van der Waals surface area contributed by atoms with Crippen molar-refractivity contribution in [2.45, 2.75) is 51.1 Å². The maximum atomic E-state index is 5.48. The fourth-order valence-electron chi connectivity index (χ4n) is 3.31. The van der Waals surface area contributed by atoms with Gasteiger partial charge in [-0.15, -0.1) is 0 Å². The third-order valence-corrected chi connectivity index (χ3v) is 4.24. The number of rotatable bonds is 9. The van der Waals surface area contributed by atoms with E-state index in [0.29, 0.717) is 25.5 Å². The predicted octanol–water partition coefficient (Wildman–Crippen LogP) is 2.04. The zero-order chi connectivity index (χ0) is 15.1. The average Bonchev–Trinajstić information content (AvgIpc) is 3.06. The highest BCUT2D eigenvalue weighted by Crippen LogP contribution is 2.34. The van der Waals surface area contributed by atoms with Crippen LogP contribution in [-0.4, -0.2) is 54.6 Å². The summed E-state index contributed by atoms with van der Waals surface area (Å²) in [5.74, 6) is 1.42. The van der Waals surface area contributed by atoms with Gasteiger partial charge in [0, 0.05) is 26.2 Å². The number of likely N-dealkylation sites (tertiary alicyclic amines) is 1. The summed E-state index contributed by atoms with van der Waals surface area (Å²) in [5.41, 5.74) is 0.130. The summed E-state index contributed by atoms with van der Waals surface area (Å²) in [5, 5.41) is 4.01. The lowest BCUT2D eigenvalue weighted by Crippen LogP contribution is -2.47. The minimum absolute atomic E-state index is 0.130. The first-order valence-electron chi connectivity index (χ1n) is 7.78. The minimum atomic E-state index is 0.130. The monoisotopic (exact) mass is 297 g/mol. The second-order valence-electron chi connectivity index (χ2n) is 5.78. The molecule has 0 aromatic carbocycles. The molecular formula is C15H27N3O3. The molecule has 2 heterocycles. The molecule has 1 saturated heterocycles. The highest BCUT2D eigenvalue weighted by atomic mass is 16.5. The minimum Gasteiger partial charge on any atom is -0.384 e. The summed E-state index contributed by atoms with van der Waals surface area (Å²) in [7, 11) is 3.46. The fourth-order valence-corrected chi connectivity index (χ4v) is 3.31. The number of methoxy groups -OCH3 is 2. The fraction of sp³-hybridized carbons (Fsp3) is 0.867. The standard InChI is InChI=1S/C15H27N3O3/c1-4-7-15(12-20-3)8-5-9-18(15)11-14-16-13(17-21-14)6-10-19-2/h4-12H2,1-3H3. The Kier molecular flexibility index (Phi) is 6.14. The van der Waals surface area contributed by atoms with Crippen molar-refractivity contribution in [1.29, 1.82) is 0 Å². The lowest BCUT2D eigenvalue weighted by molar-refractivity contribution is 0.0212. The van der Waals surface area contributed by atoms with Gasteiger partial charge in [-0.25, -0.2) is 0 Å². The highest BCUT2D eigenvalue weighted by Gasteiger charge is 2.40. The first-order chi connectivity index (χ1) is 10.2. The summed E-state index contributed by atoms with van der Waals surface area (Å²) in [6.07, 6.45) is 5.37. The second-order valence-corrected chi connectivity index (χ2v) is 5.78. The van der Waals surface area contributed by atoms with E-state index in [1.807, 2.05) is 0 Å². The summed E-state index contributed by atoms with van der Waals surface area (Å²) in [4.78, 5) is 6.91. The lowest BCUT2D eigenvalue weighted by Gasteiger charge is -2.37. The van der Waals surface area contributed by atoms with Gasteiger partial charge < -0.3 is 14.0 Å². The molecule has 0 saturated carbocycles. The van der Waals surface area contributed by atoms with Gasteiger partial charge in [-0.05, 0) is 25.8 Å². The van der Waals surface area contributed by atoms with Crippen molar-refractivity contribution >= 4 is 0 Å². The molecule has 0 spiro atoms. The quantitative estimate of drug-likeness (QED) is 0.695. The van der Waals surface area contributed by atoms with E-state index in [1.54, 1.807) is 14.2 Å². The molecule has 21 heavy (non-hydrogen) atoms. The lowest BCUT2D eigenvalue weighted by atomic mass is 9.91. The van der Waals surface area contributed by atoms with Crippen LogP contribution >= 0.6 is 0 Å². The predicted molar refractivity (Wildman–Crippen MR) is 79.0 cm³/mol. The summed E-state index contributed by atoms with van der Waals surface area (Å²) in [6.45, 7) is 5.39. The van der Waals surface area contributed by atoms with E-state index < -0.39 is 0 Å². The molecule has 1 aromatic rings. The van der Waals surface area contributed by atoms with E-state index in [4.69, 9.17) is 14.0 Å². The number of hydrogen-bond acceptors (Lipinski definition) is 6. The molecule has 0 aliphatic carbocycles. The maximum absolute atomic E-state index is 5.48. The van der Waals surface area contributed by atoms with Gasteiger partial charge in [-0.3, -0.25) is 4.90 Å². The number of ether oxygens (including phenoxy) is 2. The maximum Gasteiger partial charge on any atom is 0.240 e. The Morgan fingerprint density at radius 2 is 2.19 bits per heavy atom. The molecule has 1 atom stereocenters. The van der Waals surface area contributed by atoms with Gasteiger partial charge in [0.15, 0.2) is 5.82 Å². The van der Waals surface area contributed by atoms with Crippen molar-refractivity contribution in [2.75, 3.05) is 34.0 Å². The van der Waals surface area contributed by atoms with Crippen molar-refractivity contribution in [3.63, 3.8) is 0 Å². The molecule has 1 aliphatic heterocycles. The van der Waals surface area contributed by atoms with Crippen LogP contribution in [0.5, 0.6) is 0 Å². The average molecular weight is 297 g/mol. The Morgan fingerprint density at radius 3 is 2.90 bits per heavy atom. The number of hydrogen-bond donors (Lipinski definition) is 0. The molecule has 0 bridgehead atoms. The topological polar surface area (TPSA) is 60.6 Å². The van der Waals surface area contributed by atoms with Gasteiger partial charge in [0.25, 0.3) is 0 Å². The van der Waals surface area contributed by atoms with Gasteiger partial charge in [-0.1, -0.05) is 18.5 Å². The smallest absolute Gasteiger partial charge is 0.240 e. The molecule has 1 aliphatic rings. The Balaban J connectivity index is 2.01. The molecule has 6 nitrogen and oxygen atoms in total. The van der Waals surface area contributed by atoms with Crippen LogP contribution in [-0.2, 0) is 22.4 Å². The number of nitrogens with zero attached hydrogens (tertiary/aromatic N) is 3. The van der Waals surface area contributed by atoms with Crippen LogP contribution in [0.3, 0.4) is 0 Å². The van der Waals surface area contributed by atoms with Gasteiger partial charge in [0.2, 0.25) is 5.89 Å². The van der Waals surface area contributed by atoms with Crippen molar-refractivity contribution in [1.82, 2.24) is 15.0 Å². The van der Waals surface area contributed by atoms with E-state index in [1.165, 1.54) is 12.8 Å². The van der Waals surface area contributed by atoms with Crippen molar-refractivity contribution in [3.8, 4) is 0 Å². The Hall–Kier alpha value is -0.980. The van der Waals surface area contributed by atoms with Crippen LogP contribution in [0.4, 0.5) is 0 Å². The molecule has 1 unspecified atom stereocenters. The van der Waals surface area contributed by atoms with Crippen LogP contribution < -0.4 is 0 Å². The number of aromatic nitrogens is 2. The molecule has 1 fully saturated rings. The largest absolute Gasteiger partial charge is 0.384 e. The zero-order valence-electron chi connectivity index (χ0n) is 13.4. The molecule has 2 rings (SSSR count). The molecule has 6 heteroatoms. The van der Waals surface area contributed by atoms with Gasteiger partial charge >= 0.3 is 0 Å². The summed E-state index contributed by atoms with van der Waals surface area (Å²) >= 11 is 0. The van der Waals surface area contributed by atoms with Gasteiger partial charge in [0.05, 0.1) is 19.8 Å². The SMILES string of the molecule is CCCC1(COC)CCCN1Cc1nc(CCOC)no1. The molecule has 0 radical (unpaired) electrons. The molecular weight excluding hydrogens is 270 g/mol. The van der Waals surface area contributed by atoms with Crippen molar-refractivity contribution in [2.24, 2.45) is 0 Å². The van der Waals surface area contributed by atoms with Crippen LogP contribution in [0.2, 0.25) is 0 Å². The van der Waals surface area contributed by atoms with Crippen LogP contribution in [0, 0.1) is 0 Å². The van der Waals surface area contributed by atoms with Crippen LogP contribution in [0.15, 0.2) is 4.52 Å². The second kappa shape index (κ2) is 7.87. The molecule has 0 N–H and O–H groups in total. The highest BCUT2D eigenvalue weighted by molar-refractivity contribution is 4.98. The summed E-state index contributed by atoms with van der Waals surface area (Å²) < 4.78 is 15.9. The van der Waals surface area contributed by atoms with Crippen LogP contribution in [0.25, 0.3) is 0 Å². The van der Waals surface area contributed by atoms with E-state index in [0.717, 1.165) is 31.8 Å². The zero-order valence-corrected chi connectivity index (χ0v) is 13.4. The first-order valence-corrected chi connectivity index (χ1v) is 7.78. The van der Waals surface area contributed by atoms with Crippen molar-refractivity contribution in [3.05, 3.63) is 11.7 Å².